The number of esters is 1. The standard InChI is InChI=1S/C18H16F3NO4.C15H17Cl2N3OS/c1-24-11-14(17(23)25-2)13-7-4-3-6-12(13)10-26-16-9-5-8-15(22-16)18(19,20)21;1-5-20(4)8-18-11-6-10(3)12(7-9(11)2)21-15-19-13(16)14(17)22-15/h3-9,11H,10H2,1-2H3;6-8H,5H2,1-4H3/b14-11+;. The second-order valence-corrected chi connectivity index (χ2v) is 11.9. The predicted octanol–water partition coefficient (Wildman–Crippen LogP) is 9.31. The molecular weight excluding hydrogens is 692 g/mol. The zero-order valence-corrected chi connectivity index (χ0v) is 29.2. The van der Waals surface area contributed by atoms with Gasteiger partial charge in [-0.2, -0.15) is 18.2 Å². The Hall–Kier alpha value is -4.33. The summed E-state index contributed by atoms with van der Waals surface area (Å²) in [5, 5.41) is 0.694. The van der Waals surface area contributed by atoms with Crippen molar-refractivity contribution in [1.29, 1.82) is 0 Å². The lowest BCUT2D eigenvalue weighted by Crippen LogP contribution is -2.14. The number of hydrogen-bond donors (Lipinski definition) is 0. The van der Waals surface area contributed by atoms with Gasteiger partial charge in [-0.15, -0.1) is 0 Å². The molecule has 0 spiro atoms. The molecule has 0 aliphatic heterocycles. The summed E-state index contributed by atoms with van der Waals surface area (Å²) in [7, 11) is 4.60. The van der Waals surface area contributed by atoms with Crippen molar-refractivity contribution in [2.45, 2.75) is 33.6 Å². The van der Waals surface area contributed by atoms with Gasteiger partial charge in [0.2, 0.25) is 5.88 Å². The van der Waals surface area contributed by atoms with Crippen LogP contribution in [0.2, 0.25) is 9.49 Å². The first-order valence-electron chi connectivity index (χ1n) is 14.2. The Morgan fingerprint density at radius 1 is 1.04 bits per heavy atom. The normalized spacial score (nSPS) is 11.5. The molecule has 0 N–H and O–H groups in total. The summed E-state index contributed by atoms with van der Waals surface area (Å²) >= 11 is 12.9. The Kier molecular flexibility index (Phi) is 14.1. The van der Waals surface area contributed by atoms with Gasteiger partial charge in [0, 0.05) is 19.7 Å². The van der Waals surface area contributed by atoms with Crippen LogP contribution in [0, 0.1) is 13.8 Å². The molecule has 0 atom stereocenters. The Labute approximate surface area is 290 Å². The van der Waals surface area contributed by atoms with Crippen molar-refractivity contribution in [2.75, 3.05) is 27.8 Å². The minimum absolute atomic E-state index is 0.0947. The molecule has 15 heteroatoms. The van der Waals surface area contributed by atoms with E-state index in [0.29, 0.717) is 20.7 Å². The summed E-state index contributed by atoms with van der Waals surface area (Å²) in [6.07, 6.45) is -1.51. The zero-order chi connectivity index (χ0) is 35.4. The number of carbonyl (C=O) groups excluding carboxylic acids is 1. The van der Waals surface area contributed by atoms with E-state index in [4.69, 9.17) is 42.1 Å². The van der Waals surface area contributed by atoms with Gasteiger partial charge < -0.3 is 23.8 Å². The fourth-order valence-electron chi connectivity index (χ4n) is 3.83. The molecule has 256 valence electrons. The monoisotopic (exact) mass is 724 g/mol. The molecule has 2 aromatic heterocycles. The van der Waals surface area contributed by atoms with E-state index in [0.717, 1.165) is 35.2 Å². The maximum atomic E-state index is 12.7. The number of rotatable bonds is 11. The van der Waals surface area contributed by atoms with Gasteiger partial charge in [-0.1, -0.05) is 64.9 Å². The van der Waals surface area contributed by atoms with Crippen LogP contribution < -0.4 is 9.47 Å². The lowest BCUT2D eigenvalue weighted by molar-refractivity contribution is -0.141. The molecule has 0 radical (unpaired) electrons. The number of pyridine rings is 1. The average Bonchev–Trinajstić information content (AvgIpc) is 3.38. The van der Waals surface area contributed by atoms with Crippen molar-refractivity contribution in [1.82, 2.24) is 14.9 Å². The van der Waals surface area contributed by atoms with E-state index in [9.17, 15) is 18.0 Å². The molecule has 0 saturated carbocycles. The largest absolute Gasteiger partial charge is 0.503 e. The second kappa shape index (κ2) is 17.7. The van der Waals surface area contributed by atoms with E-state index in [1.807, 2.05) is 44.3 Å². The molecule has 2 heterocycles. The Bertz CT molecular complexity index is 1750. The average molecular weight is 726 g/mol. The van der Waals surface area contributed by atoms with Crippen LogP contribution in [0.3, 0.4) is 0 Å². The zero-order valence-electron chi connectivity index (χ0n) is 26.9. The first-order valence-corrected chi connectivity index (χ1v) is 15.8. The molecule has 4 rings (SSSR count). The van der Waals surface area contributed by atoms with Crippen molar-refractivity contribution in [3.63, 3.8) is 0 Å². The number of methoxy groups -OCH3 is 2. The number of ether oxygens (including phenoxy) is 4. The van der Waals surface area contributed by atoms with Crippen LogP contribution in [-0.2, 0) is 27.1 Å². The van der Waals surface area contributed by atoms with Gasteiger partial charge in [-0.05, 0) is 61.2 Å². The molecular formula is C33H33Cl2F3N4O5S. The number of nitrogens with zero attached hydrogens (tertiary/aromatic N) is 4. The fraction of sp³-hybridized carbons (Fsp3) is 0.273. The lowest BCUT2D eigenvalue weighted by Gasteiger charge is -2.13. The minimum Gasteiger partial charge on any atom is -0.503 e. The third kappa shape index (κ3) is 10.9. The number of thiazole rings is 1. The van der Waals surface area contributed by atoms with Gasteiger partial charge in [0.25, 0.3) is 5.19 Å². The van der Waals surface area contributed by atoms with Crippen molar-refractivity contribution in [3.8, 4) is 16.8 Å². The van der Waals surface area contributed by atoms with Crippen LogP contribution >= 0.6 is 34.5 Å². The van der Waals surface area contributed by atoms with Crippen molar-refractivity contribution < 1.29 is 36.9 Å². The highest BCUT2D eigenvalue weighted by molar-refractivity contribution is 7.18. The van der Waals surface area contributed by atoms with Crippen molar-refractivity contribution >= 4 is 58.1 Å². The SMILES string of the molecule is CCN(C)C=Nc1cc(C)c(Oc2nc(Cl)c(Cl)s2)cc1C.CO/C=C(/C(=O)OC)c1ccccc1COc1cccc(C(F)(F)F)n1. The minimum atomic E-state index is -4.56. The first kappa shape index (κ1) is 38.1. The quantitative estimate of drug-likeness (QED) is 0.0497. The number of alkyl halides is 3. The Morgan fingerprint density at radius 3 is 2.40 bits per heavy atom. The molecule has 0 amide bonds. The number of aryl methyl sites for hydroxylation is 2. The van der Waals surface area contributed by atoms with E-state index in [-0.39, 0.29) is 23.2 Å². The van der Waals surface area contributed by atoms with Gasteiger partial charge in [0.15, 0.2) is 5.15 Å². The Morgan fingerprint density at radius 2 is 1.77 bits per heavy atom. The summed E-state index contributed by atoms with van der Waals surface area (Å²) in [5.74, 6) is -0.0659. The maximum Gasteiger partial charge on any atom is 0.433 e. The molecule has 0 fully saturated rings. The van der Waals surface area contributed by atoms with Crippen LogP contribution in [0.4, 0.5) is 18.9 Å². The highest BCUT2D eigenvalue weighted by Gasteiger charge is 2.32. The molecule has 0 unspecified atom stereocenters. The number of halogens is 5. The fourth-order valence-corrected chi connectivity index (χ4v) is 4.87. The van der Waals surface area contributed by atoms with Crippen LogP contribution in [0.25, 0.3) is 5.57 Å². The molecule has 0 saturated heterocycles. The summed E-state index contributed by atoms with van der Waals surface area (Å²) in [6.45, 7) is 6.85. The van der Waals surface area contributed by atoms with Gasteiger partial charge in [0.1, 0.15) is 28.0 Å². The van der Waals surface area contributed by atoms with Crippen LogP contribution in [0.1, 0.15) is 34.9 Å². The topological polar surface area (TPSA) is 95.4 Å². The van der Waals surface area contributed by atoms with Gasteiger partial charge in [-0.3, -0.25) is 0 Å². The Balaban J connectivity index is 0.000000264. The number of aromatic nitrogens is 2. The number of benzene rings is 2. The lowest BCUT2D eigenvalue weighted by atomic mass is 10.0. The third-order valence-corrected chi connectivity index (χ3v) is 8.06. The molecule has 48 heavy (non-hydrogen) atoms. The van der Waals surface area contributed by atoms with E-state index >= 15 is 0 Å². The van der Waals surface area contributed by atoms with E-state index < -0.39 is 17.8 Å². The molecule has 9 nitrogen and oxygen atoms in total. The first-order chi connectivity index (χ1) is 22.8. The molecule has 0 bridgehead atoms. The van der Waals surface area contributed by atoms with Crippen LogP contribution in [0.15, 0.2) is 65.9 Å². The van der Waals surface area contributed by atoms with E-state index in [1.165, 1.54) is 44.0 Å². The third-order valence-electron chi connectivity index (χ3n) is 6.45. The second-order valence-electron chi connectivity index (χ2n) is 9.93. The molecule has 0 aliphatic carbocycles. The molecule has 4 aromatic rings. The highest BCUT2D eigenvalue weighted by Crippen LogP contribution is 2.38. The van der Waals surface area contributed by atoms with Gasteiger partial charge in [-0.25, -0.2) is 14.8 Å². The van der Waals surface area contributed by atoms with Crippen molar-refractivity contribution in [3.05, 3.63) is 98.3 Å². The number of carbonyl (C=O) groups is 1. The highest BCUT2D eigenvalue weighted by atomic mass is 35.5. The summed E-state index contributed by atoms with van der Waals surface area (Å²) in [6, 6.07) is 14.1. The van der Waals surface area contributed by atoms with Crippen LogP contribution in [0.5, 0.6) is 16.8 Å². The van der Waals surface area contributed by atoms with Gasteiger partial charge in [0.05, 0.1) is 32.5 Å². The number of hydrogen-bond acceptors (Lipinski definition) is 9. The summed E-state index contributed by atoms with van der Waals surface area (Å²) < 4.78 is 59.4. The molecule has 2 aromatic carbocycles. The summed E-state index contributed by atoms with van der Waals surface area (Å²) in [4.78, 5) is 25.9. The predicted molar refractivity (Wildman–Crippen MR) is 182 cm³/mol. The van der Waals surface area contributed by atoms with Crippen LogP contribution in [-0.4, -0.2) is 55.0 Å². The van der Waals surface area contributed by atoms with Gasteiger partial charge >= 0.3 is 12.1 Å². The summed E-state index contributed by atoms with van der Waals surface area (Å²) in [5.41, 5.74) is 3.06. The maximum absolute atomic E-state index is 12.7. The van der Waals surface area contributed by atoms with E-state index in [1.54, 1.807) is 24.3 Å². The van der Waals surface area contributed by atoms with E-state index in [2.05, 4.69) is 21.9 Å². The molecule has 0 aliphatic rings. The smallest absolute Gasteiger partial charge is 0.433 e. The number of aliphatic imine (C=N–C) groups is 1. The van der Waals surface area contributed by atoms with Crippen molar-refractivity contribution in [2.24, 2.45) is 4.99 Å².